The highest BCUT2D eigenvalue weighted by Crippen LogP contribution is 2.47. The topological polar surface area (TPSA) is 110 Å². The summed E-state index contributed by atoms with van der Waals surface area (Å²) in [6, 6.07) is 0. The Hall–Kier alpha value is -2.32. The van der Waals surface area contributed by atoms with E-state index in [1.54, 1.807) is 12.4 Å². The van der Waals surface area contributed by atoms with Crippen LogP contribution in [0.3, 0.4) is 0 Å². The summed E-state index contributed by atoms with van der Waals surface area (Å²) < 4.78 is 0. The summed E-state index contributed by atoms with van der Waals surface area (Å²) >= 11 is 11.2. The van der Waals surface area contributed by atoms with Gasteiger partial charge in [0.2, 0.25) is 22.4 Å². The minimum absolute atomic E-state index is 0.0587. The standard InChI is InChI=1S/C10H10ClN3O.C6H4ClN3O/c11-9-12-5-6-7(14-9)13-8(15)10(6)3-1-2-4-10;7-6-8-2-3-1-4(11)9-5(3)10-6/h5H,1-4H2,(H,12,13,14,15);2H,1H2,(H,8,9,10,11). The van der Waals surface area contributed by atoms with Crippen molar-refractivity contribution in [3.8, 4) is 0 Å². The SMILES string of the molecule is O=C1Cc2cnc(Cl)nc2N1.O=C1Nc2nc(Cl)ncc2C12CCCC2. The second kappa shape index (κ2) is 6.44. The van der Waals surface area contributed by atoms with Crippen LogP contribution >= 0.6 is 23.2 Å². The van der Waals surface area contributed by atoms with Crippen LogP contribution in [0, 0.1) is 0 Å². The lowest BCUT2D eigenvalue weighted by atomic mass is 9.81. The summed E-state index contributed by atoms with van der Waals surface area (Å²) in [4.78, 5) is 38.3. The minimum Gasteiger partial charge on any atom is -0.310 e. The monoisotopic (exact) mass is 392 g/mol. The van der Waals surface area contributed by atoms with Gasteiger partial charge in [-0.05, 0) is 36.0 Å². The summed E-state index contributed by atoms with van der Waals surface area (Å²) in [6.45, 7) is 0. The van der Waals surface area contributed by atoms with E-state index >= 15 is 0 Å². The molecule has 0 atom stereocenters. The largest absolute Gasteiger partial charge is 0.310 e. The minimum atomic E-state index is -0.361. The van der Waals surface area contributed by atoms with Crippen molar-refractivity contribution >= 4 is 46.7 Å². The Morgan fingerprint density at radius 1 is 0.923 bits per heavy atom. The zero-order valence-electron chi connectivity index (χ0n) is 13.6. The number of carbonyl (C=O) groups excluding carboxylic acids is 2. The molecule has 1 spiro atoms. The van der Waals surface area contributed by atoms with E-state index in [1.165, 1.54) is 0 Å². The summed E-state index contributed by atoms with van der Waals surface area (Å²) in [6.07, 6.45) is 7.58. The number of nitrogens with zero attached hydrogens (tertiary/aromatic N) is 4. The fourth-order valence-electron chi connectivity index (χ4n) is 3.60. The fraction of sp³-hybridized carbons (Fsp3) is 0.375. The van der Waals surface area contributed by atoms with Gasteiger partial charge in [-0.2, -0.15) is 0 Å². The summed E-state index contributed by atoms with van der Waals surface area (Å²) in [5, 5.41) is 5.70. The molecule has 5 rings (SSSR count). The zero-order valence-corrected chi connectivity index (χ0v) is 15.1. The van der Waals surface area contributed by atoms with E-state index in [1.807, 2.05) is 0 Å². The van der Waals surface area contributed by atoms with Gasteiger partial charge in [-0.15, -0.1) is 0 Å². The second-order valence-corrected chi connectivity index (χ2v) is 7.06. The number of anilines is 2. The lowest BCUT2D eigenvalue weighted by Crippen LogP contribution is -2.30. The van der Waals surface area contributed by atoms with Crippen LogP contribution in [0.1, 0.15) is 36.8 Å². The van der Waals surface area contributed by atoms with E-state index in [2.05, 4.69) is 30.6 Å². The summed E-state index contributed by atoms with van der Waals surface area (Å²) in [7, 11) is 0. The third-order valence-electron chi connectivity index (χ3n) is 4.84. The molecule has 0 aromatic carbocycles. The van der Waals surface area contributed by atoms with E-state index in [0.29, 0.717) is 18.1 Å². The predicted molar refractivity (Wildman–Crippen MR) is 95.2 cm³/mol. The summed E-state index contributed by atoms with van der Waals surface area (Å²) in [5.41, 5.74) is 1.37. The molecule has 26 heavy (non-hydrogen) atoms. The first-order valence-electron chi connectivity index (χ1n) is 8.14. The van der Waals surface area contributed by atoms with Crippen molar-refractivity contribution in [3.05, 3.63) is 34.1 Å². The molecule has 4 heterocycles. The van der Waals surface area contributed by atoms with Gasteiger partial charge in [0.15, 0.2) is 0 Å². The predicted octanol–water partition coefficient (Wildman–Crippen LogP) is 2.52. The Bertz CT molecular complexity index is 914. The number of amides is 2. The van der Waals surface area contributed by atoms with Gasteiger partial charge in [0.1, 0.15) is 11.6 Å². The maximum atomic E-state index is 11.9. The average Bonchev–Trinajstić information content (AvgIpc) is 3.27. The molecule has 2 N–H and O–H groups in total. The number of rotatable bonds is 0. The molecule has 1 saturated carbocycles. The summed E-state index contributed by atoms with van der Waals surface area (Å²) in [5.74, 6) is 1.14. The van der Waals surface area contributed by atoms with Crippen molar-refractivity contribution in [2.75, 3.05) is 10.6 Å². The van der Waals surface area contributed by atoms with Gasteiger partial charge in [0, 0.05) is 23.5 Å². The van der Waals surface area contributed by atoms with Crippen LogP contribution in [0.2, 0.25) is 10.6 Å². The second-order valence-electron chi connectivity index (χ2n) is 6.38. The Morgan fingerprint density at radius 3 is 2.31 bits per heavy atom. The average molecular weight is 393 g/mol. The van der Waals surface area contributed by atoms with Crippen molar-refractivity contribution in [1.82, 2.24) is 19.9 Å². The quantitative estimate of drug-likeness (QED) is 0.666. The van der Waals surface area contributed by atoms with E-state index in [9.17, 15) is 9.59 Å². The molecule has 0 radical (unpaired) electrons. The number of nitrogens with one attached hydrogen (secondary N) is 2. The highest BCUT2D eigenvalue weighted by Gasteiger charge is 2.49. The van der Waals surface area contributed by atoms with Gasteiger partial charge in [-0.3, -0.25) is 9.59 Å². The van der Waals surface area contributed by atoms with Crippen LogP contribution < -0.4 is 10.6 Å². The molecule has 1 aliphatic carbocycles. The highest BCUT2D eigenvalue weighted by atomic mass is 35.5. The zero-order chi connectivity index (χ0) is 18.3. The molecule has 0 unspecified atom stereocenters. The van der Waals surface area contributed by atoms with Gasteiger partial charge in [0.05, 0.1) is 11.8 Å². The first-order chi connectivity index (χ1) is 12.5. The van der Waals surface area contributed by atoms with Crippen molar-refractivity contribution in [2.45, 2.75) is 37.5 Å². The van der Waals surface area contributed by atoms with Crippen LogP contribution in [0.5, 0.6) is 0 Å². The molecule has 8 nitrogen and oxygen atoms in total. The normalized spacial score (nSPS) is 18.7. The molecule has 3 aliphatic rings. The molecular weight excluding hydrogens is 379 g/mol. The fourth-order valence-corrected chi connectivity index (χ4v) is 3.87. The molecule has 0 bridgehead atoms. The first-order valence-corrected chi connectivity index (χ1v) is 8.89. The van der Waals surface area contributed by atoms with Crippen molar-refractivity contribution in [1.29, 1.82) is 0 Å². The smallest absolute Gasteiger partial charge is 0.236 e. The van der Waals surface area contributed by atoms with Crippen LogP contribution in [0.15, 0.2) is 12.4 Å². The molecule has 0 saturated heterocycles. The highest BCUT2D eigenvalue weighted by molar-refractivity contribution is 6.28. The Balaban J connectivity index is 0.000000136. The van der Waals surface area contributed by atoms with Crippen LogP contribution in [0.4, 0.5) is 11.6 Å². The maximum absolute atomic E-state index is 11.9. The van der Waals surface area contributed by atoms with Crippen LogP contribution in [0.25, 0.3) is 0 Å². The Kier molecular flexibility index (Phi) is 4.24. The van der Waals surface area contributed by atoms with Gasteiger partial charge >= 0.3 is 0 Å². The van der Waals surface area contributed by atoms with E-state index in [0.717, 1.165) is 36.8 Å². The molecule has 1 fully saturated rings. The molecule has 134 valence electrons. The number of hydrogen-bond acceptors (Lipinski definition) is 6. The van der Waals surface area contributed by atoms with Crippen molar-refractivity contribution in [3.63, 3.8) is 0 Å². The molecule has 2 aromatic heterocycles. The van der Waals surface area contributed by atoms with E-state index < -0.39 is 0 Å². The number of carbonyl (C=O) groups is 2. The van der Waals surface area contributed by atoms with Gasteiger partial charge in [0.25, 0.3) is 0 Å². The van der Waals surface area contributed by atoms with Crippen molar-refractivity contribution in [2.24, 2.45) is 0 Å². The van der Waals surface area contributed by atoms with Crippen LogP contribution in [-0.2, 0) is 21.4 Å². The van der Waals surface area contributed by atoms with Crippen molar-refractivity contribution < 1.29 is 9.59 Å². The number of hydrogen-bond donors (Lipinski definition) is 2. The molecular formula is C16H14Cl2N6O2. The molecule has 2 aromatic rings. The number of halogens is 2. The van der Waals surface area contributed by atoms with E-state index in [-0.39, 0.29) is 27.8 Å². The third-order valence-corrected chi connectivity index (χ3v) is 5.21. The number of fused-ring (bicyclic) bond motifs is 3. The van der Waals surface area contributed by atoms with Gasteiger partial charge in [-0.1, -0.05) is 12.8 Å². The van der Waals surface area contributed by atoms with Gasteiger partial charge < -0.3 is 10.6 Å². The number of aromatic nitrogens is 4. The molecule has 10 heteroatoms. The Labute approximate surface area is 158 Å². The van der Waals surface area contributed by atoms with E-state index in [4.69, 9.17) is 23.2 Å². The maximum Gasteiger partial charge on any atom is 0.236 e. The lowest BCUT2D eigenvalue weighted by molar-refractivity contribution is -0.120. The molecule has 2 aliphatic heterocycles. The Morgan fingerprint density at radius 2 is 1.58 bits per heavy atom. The van der Waals surface area contributed by atoms with Gasteiger partial charge in [-0.25, -0.2) is 19.9 Å². The van der Waals surface area contributed by atoms with Crippen LogP contribution in [-0.4, -0.2) is 31.8 Å². The third kappa shape index (κ3) is 2.89. The first kappa shape index (κ1) is 17.1. The molecule has 2 amide bonds. The lowest BCUT2D eigenvalue weighted by Gasteiger charge is -2.19.